The highest BCUT2D eigenvalue weighted by molar-refractivity contribution is 4.98. The third-order valence-corrected chi connectivity index (χ3v) is 1.87. The minimum absolute atomic E-state index is 0.283. The molecule has 2 unspecified atom stereocenters. The molecule has 1 aliphatic rings. The Balaban J connectivity index is 2.30. The maximum absolute atomic E-state index is 9.09. The smallest absolute Gasteiger partial charge is 0.0652 e. The summed E-state index contributed by atoms with van der Waals surface area (Å²) in [7, 11) is 0. The minimum atomic E-state index is -0.283. The van der Waals surface area contributed by atoms with Gasteiger partial charge < -0.3 is 5.11 Å². The van der Waals surface area contributed by atoms with Gasteiger partial charge in [0.15, 0.2) is 0 Å². The molecule has 1 saturated carbocycles. The van der Waals surface area contributed by atoms with E-state index in [9.17, 15) is 0 Å². The van der Waals surface area contributed by atoms with Gasteiger partial charge in [-0.25, -0.2) is 0 Å². The first-order valence-electron chi connectivity index (χ1n) is 2.89. The summed E-state index contributed by atoms with van der Waals surface area (Å²) in [6, 6.07) is 0. The van der Waals surface area contributed by atoms with E-state index in [-0.39, 0.29) is 5.60 Å². The third-order valence-electron chi connectivity index (χ3n) is 1.87. The summed E-state index contributed by atoms with van der Waals surface area (Å²) in [5, 5.41) is 9.09. The van der Waals surface area contributed by atoms with Crippen molar-refractivity contribution in [2.24, 2.45) is 5.92 Å². The fourth-order valence-corrected chi connectivity index (χ4v) is 1.02. The summed E-state index contributed by atoms with van der Waals surface area (Å²) >= 11 is 0. The molecule has 0 bridgehead atoms. The second kappa shape index (κ2) is 1.22. The van der Waals surface area contributed by atoms with E-state index in [1.165, 1.54) is 0 Å². The van der Waals surface area contributed by atoms with Gasteiger partial charge >= 0.3 is 0 Å². The molecule has 0 aromatic rings. The molecule has 0 amide bonds. The van der Waals surface area contributed by atoms with Crippen molar-refractivity contribution in [3.63, 3.8) is 0 Å². The zero-order chi connectivity index (χ0) is 5.49. The van der Waals surface area contributed by atoms with Gasteiger partial charge in [0.05, 0.1) is 5.60 Å². The van der Waals surface area contributed by atoms with Crippen LogP contribution in [0.4, 0.5) is 0 Å². The van der Waals surface area contributed by atoms with Gasteiger partial charge in [0.1, 0.15) is 0 Å². The molecule has 0 aliphatic heterocycles. The van der Waals surface area contributed by atoms with Crippen molar-refractivity contribution in [2.45, 2.75) is 32.3 Å². The molecule has 0 heterocycles. The molecule has 1 nitrogen and oxygen atoms in total. The van der Waals surface area contributed by atoms with Crippen molar-refractivity contribution < 1.29 is 5.11 Å². The van der Waals surface area contributed by atoms with E-state index < -0.39 is 0 Å². The van der Waals surface area contributed by atoms with Gasteiger partial charge in [-0.15, -0.1) is 0 Å². The van der Waals surface area contributed by atoms with Crippen LogP contribution in [0.3, 0.4) is 0 Å². The van der Waals surface area contributed by atoms with Crippen LogP contribution in [0.5, 0.6) is 0 Å². The van der Waals surface area contributed by atoms with Gasteiger partial charge in [0.2, 0.25) is 0 Å². The van der Waals surface area contributed by atoms with Gasteiger partial charge in [0, 0.05) is 0 Å². The molecular weight excluding hydrogens is 88.1 g/mol. The van der Waals surface area contributed by atoms with Crippen LogP contribution in [0.2, 0.25) is 0 Å². The van der Waals surface area contributed by atoms with Crippen molar-refractivity contribution in [2.75, 3.05) is 0 Å². The predicted molar refractivity (Wildman–Crippen MR) is 29.0 cm³/mol. The molecular formula is C6H12O. The lowest BCUT2D eigenvalue weighted by Gasteiger charge is -1.95. The molecule has 0 spiro atoms. The number of hydrogen-bond acceptors (Lipinski definition) is 1. The molecule has 0 aromatic carbocycles. The van der Waals surface area contributed by atoms with E-state index in [0.29, 0.717) is 5.92 Å². The Hall–Kier alpha value is -0.0400. The summed E-state index contributed by atoms with van der Waals surface area (Å²) in [5.41, 5.74) is -0.283. The molecule has 0 radical (unpaired) electrons. The lowest BCUT2D eigenvalue weighted by atomic mass is 10.2. The Labute approximate surface area is 44.4 Å². The zero-order valence-corrected chi connectivity index (χ0v) is 4.94. The first kappa shape index (κ1) is 5.10. The van der Waals surface area contributed by atoms with Gasteiger partial charge in [-0.2, -0.15) is 0 Å². The molecule has 7 heavy (non-hydrogen) atoms. The molecule has 1 heteroatoms. The highest BCUT2D eigenvalue weighted by Gasteiger charge is 2.46. The molecule has 0 aromatic heterocycles. The zero-order valence-electron chi connectivity index (χ0n) is 4.94. The summed E-state index contributed by atoms with van der Waals surface area (Å²) in [6.07, 6.45) is 2.15. The largest absolute Gasteiger partial charge is 0.390 e. The van der Waals surface area contributed by atoms with E-state index >= 15 is 0 Å². The Morgan fingerprint density at radius 1 is 1.86 bits per heavy atom. The fraction of sp³-hybridized carbons (Fsp3) is 1.00. The van der Waals surface area contributed by atoms with Gasteiger partial charge in [-0.3, -0.25) is 0 Å². The monoisotopic (exact) mass is 100 g/mol. The SMILES string of the molecule is CCC1CC1(C)O. The Bertz CT molecular complexity index is 76.2. The van der Waals surface area contributed by atoms with Crippen LogP contribution < -0.4 is 0 Å². The summed E-state index contributed by atoms with van der Waals surface area (Å²) in [4.78, 5) is 0. The fourth-order valence-electron chi connectivity index (χ4n) is 1.02. The van der Waals surface area contributed by atoms with Crippen molar-refractivity contribution in [3.8, 4) is 0 Å². The van der Waals surface area contributed by atoms with Crippen LogP contribution in [0.1, 0.15) is 26.7 Å². The quantitative estimate of drug-likeness (QED) is 0.524. The van der Waals surface area contributed by atoms with Crippen molar-refractivity contribution in [3.05, 3.63) is 0 Å². The first-order valence-corrected chi connectivity index (χ1v) is 2.89. The first-order chi connectivity index (χ1) is 3.17. The predicted octanol–water partition coefficient (Wildman–Crippen LogP) is 1.17. The molecule has 1 aliphatic carbocycles. The summed E-state index contributed by atoms with van der Waals surface area (Å²) < 4.78 is 0. The lowest BCUT2D eigenvalue weighted by molar-refractivity contribution is 0.151. The van der Waals surface area contributed by atoms with Crippen LogP contribution in [0, 0.1) is 5.92 Å². The topological polar surface area (TPSA) is 20.2 Å². The average molecular weight is 100 g/mol. The van der Waals surface area contributed by atoms with E-state index in [4.69, 9.17) is 5.11 Å². The highest BCUT2D eigenvalue weighted by Crippen LogP contribution is 2.44. The Morgan fingerprint density at radius 3 is 2.29 bits per heavy atom. The van der Waals surface area contributed by atoms with Crippen molar-refractivity contribution in [1.82, 2.24) is 0 Å². The van der Waals surface area contributed by atoms with E-state index in [2.05, 4.69) is 6.92 Å². The second-order valence-electron chi connectivity index (χ2n) is 2.67. The van der Waals surface area contributed by atoms with E-state index in [0.717, 1.165) is 12.8 Å². The third kappa shape index (κ3) is 0.778. The molecule has 1 N–H and O–H groups in total. The van der Waals surface area contributed by atoms with E-state index in [1.54, 1.807) is 0 Å². The maximum atomic E-state index is 9.09. The average Bonchev–Trinajstić information content (AvgIpc) is 2.13. The summed E-state index contributed by atoms with van der Waals surface area (Å²) in [6.45, 7) is 4.02. The molecule has 42 valence electrons. The lowest BCUT2D eigenvalue weighted by Crippen LogP contribution is -2.01. The molecule has 2 atom stereocenters. The number of rotatable bonds is 1. The van der Waals surface area contributed by atoms with E-state index in [1.807, 2.05) is 6.92 Å². The summed E-state index contributed by atoms with van der Waals surface area (Å²) in [5.74, 6) is 0.604. The van der Waals surface area contributed by atoms with Gasteiger partial charge in [-0.05, 0) is 19.3 Å². The van der Waals surface area contributed by atoms with Crippen LogP contribution in [0.15, 0.2) is 0 Å². The molecule has 0 saturated heterocycles. The van der Waals surface area contributed by atoms with Crippen LogP contribution in [-0.4, -0.2) is 10.7 Å². The second-order valence-corrected chi connectivity index (χ2v) is 2.67. The standard InChI is InChI=1S/C6H12O/c1-3-5-4-6(5,2)7/h5,7H,3-4H2,1-2H3. The minimum Gasteiger partial charge on any atom is -0.390 e. The number of aliphatic hydroxyl groups is 1. The maximum Gasteiger partial charge on any atom is 0.0652 e. The molecule has 1 rings (SSSR count). The van der Waals surface area contributed by atoms with Crippen LogP contribution in [-0.2, 0) is 0 Å². The molecule has 1 fully saturated rings. The van der Waals surface area contributed by atoms with Crippen LogP contribution >= 0.6 is 0 Å². The van der Waals surface area contributed by atoms with Gasteiger partial charge in [0.25, 0.3) is 0 Å². The Morgan fingerprint density at radius 2 is 2.29 bits per heavy atom. The highest BCUT2D eigenvalue weighted by atomic mass is 16.3. The van der Waals surface area contributed by atoms with Crippen LogP contribution in [0.25, 0.3) is 0 Å². The Kier molecular flexibility index (Phi) is 0.890. The van der Waals surface area contributed by atoms with Crippen molar-refractivity contribution in [1.29, 1.82) is 0 Å². The normalized spacial score (nSPS) is 49.3. The van der Waals surface area contributed by atoms with Crippen molar-refractivity contribution >= 4 is 0 Å². The van der Waals surface area contributed by atoms with Gasteiger partial charge in [-0.1, -0.05) is 13.3 Å². The number of hydrogen-bond donors (Lipinski definition) is 1.